The molecule has 0 unspecified atom stereocenters. The van der Waals surface area contributed by atoms with Crippen LogP contribution in [-0.4, -0.2) is 35.1 Å². The summed E-state index contributed by atoms with van der Waals surface area (Å²) in [6, 6.07) is -0.684. The smallest absolute Gasteiger partial charge is 0.329 e. The van der Waals surface area contributed by atoms with Crippen molar-refractivity contribution in [3.63, 3.8) is 0 Å². The van der Waals surface area contributed by atoms with Crippen LogP contribution in [0.1, 0.15) is 19.3 Å². The van der Waals surface area contributed by atoms with Crippen LogP contribution >= 0.6 is 0 Å². The Hall–Kier alpha value is -1.79. The number of amides is 3. The molecule has 0 aromatic rings. The molecule has 7 heteroatoms. The average molecular weight is 215 g/mol. The van der Waals surface area contributed by atoms with Gasteiger partial charge in [-0.15, -0.1) is 0 Å². The van der Waals surface area contributed by atoms with Gasteiger partial charge in [0.15, 0.2) is 0 Å². The van der Waals surface area contributed by atoms with E-state index >= 15 is 0 Å². The maximum Gasteiger partial charge on any atom is 0.329 e. The van der Waals surface area contributed by atoms with Crippen molar-refractivity contribution in [1.82, 2.24) is 10.6 Å². The number of urea groups is 1. The number of carboxylic acid groups (broad SMARTS) is 1. The molecule has 1 rings (SSSR count). The van der Waals surface area contributed by atoms with E-state index in [2.05, 4.69) is 10.6 Å². The van der Waals surface area contributed by atoms with E-state index in [1.165, 1.54) is 0 Å². The number of rotatable bonds is 4. The molecule has 0 saturated heterocycles. The standard InChI is InChI=1S/C8H13N3O4/c9-5(12)4-10-7(15)11-8(6(13)14)2-1-3-8/h1-4H2,(H2,9,12)(H,13,14)(H2,10,11,15). The van der Waals surface area contributed by atoms with E-state index in [9.17, 15) is 14.4 Å². The third-order valence-corrected chi connectivity index (χ3v) is 2.39. The molecule has 0 aliphatic heterocycles. The summed E-state index contributed by atoms with van der Waals surface area (Å²) in [7, 11) is 0. The number of carbonyl (C=O) groups is 3. The van der Waals surface area contributed by atoms with Gasteiger partial charge in [0.25, 0.3) is 0 Å². The van der Waals surface area contributed by atoms with Gasteiger partial charge in [-0.3, -0.25) is 4.79 Å². The van der Waals surface area contributed by atoms with Gasteiger partial charge >= 0.3 is 12.0 Å². The van der Waals surface area contributed by atoms with Crippen molar-refractivity contribution in [2.75, 3.05) is 6.54 Å². The predicted molar refractivity (Wildman–Crippen MR) is 49.9 cm³/mol. The van der Waals surface area contributed by atoms with Crippen molar-refractivity contribution < 1.29 is 19.5 Å². The van der Waals surface area contributed by atoms with Gasteiger partial charge in [0.1, 0.15) is 5.54 Å². The summed E-state index contributed by atoms with van der Waals surface area (Å²) in [5.74, 6) is -1.73. The van der Waals surface area contributed by atoms with Gasteiger partial charge in [-0.2, -0.15) is 0 Å². The predicted octanol–water partition coefficient (Wildman–Crippen LogP) is -1.22. The van der Waals surface area contributed by atoms with E-state index in [0.29, 0.717) is 12.8 Å². The number of carbonyl (C=O) groups excluding carboxylic acids is 2. The first-order chi connectivity index (χ1) is 6.96. The average Bonchev–Trinajstić information content (AvgIpc) is 2.07. The van der Waals surface area contributed by atoms with Gasteiger partial charge in [-0.25, -0.2) is 9.59 Å². The van der Waals surface area contributed by atoms with Crippen molar-refractivity contribution in [3.8, 4) is 0 Å². The number of aliphatic carboxylic acids is 1. The Morgan fingerprint density at radius 3 is 2.27 bits per heavy atom. The maximum absolute atomic E-state index is 11.2. The second-order valence-electron chi connectivity index (χ2n) is 3.51. The Balaban J connectivity index is 2.42. The lowest BCUT2D eigenvalue weighted by molar-refractivity contribution is -0.148. The van der Waals surface area contributed by atoms with Gasteiger partial charge < -0.3 is 21.5 Å². The molecule has 0 heterocycles. The number of hydrogen-bond acceptors (Lipinski definition) is 3. The van der Waals surface area contributed by atoms with Crippen LogP contribution in [-0.2, 0) is 9.59 Å². The fourth-order valence-electron chi connectivity index (χ4n) is 1.35. The lowest BCUT2D eigenvalue weighted by Crippen LogP contribution is -2.61. The summed E-state index contributed by atoms with van der Waals surface area (Å²) in [6.45, 7) is -0.304. The third kappa shape index (κ3) is 2.58. The Bertz CT molecular complexity index is 298. The molecular weight excluding hydrogens is 202 g/mol. The van der Waals surface area contributed by atoms with E-state index in [-0.39, 0.29) is 6.54 Å². The molecule has 1 fully saturated rings. The van der Waals surface area contributed by atoms with E-state index in [4.69, 9.17) is 10.8 Å². The fraction of sp³-hybridized carbons (Fsp3) is 0.625. The minimum atomic E-state index is -1.16. The molecule has 84 valence electrons. The summed E-state index contributed by atoms with van der Waals surface area (Å²) in [5.41, 5.74) is 3.65. The number of primary amides is 1. The highest BCUT2D eigenvalue weighted by atomic mass is 16.4. The van der Waals surface area contributed by atoms with Crippen LogP contribution in [0, 0.1) is 0 Å². The minimum absolute atomic E-state index is 0.304. The molecule has 1 saturated carbocycles. The van der Waals surface area contributed by atoms with E-state index in [1.807, 2.05) is 0 Å². The normalized spacial score (nSPS) is 17.3. The van der Waals surface area contributed by atoms with Crippen molar-refractivity contribution in [2.24, 2.45) is 5.73 Å². The SMILES string of the molecule is NC(=O)CNC(=O)NC1(C(=O)O)CCC1. The number of nitrogens with one attached hydrogen (secondary N) is 2. The summed E-state index contributed by atoms with van der Waals surface area (Å²) < 4.78 is 0. The second kappa shape index (κ2) is 4.16. The quantitative estimate of drug-likeness (QED) is 0.469. The summed E-state index contributed by atoms with van der Waals surface area (Å²) in [5, 5.41) is 13.4. The molecule has 3 amide bonds. The topological polar surface area (TPSA) is 122 Å². The van der Waals surface area contributed by atoms with E-state index in [1.54, 1.807) is 0 Å². The highest BCUT2D eigenvalue weighted by Crippen LogP contribution is 2.31. The molecule has 1 aliphatic carbocycles. The summed E-state index contributed by atoms with van der Waals surface area (Å²) >= 11 is 0. The zero-order valence-electron chi connectivity index (χ0n) is 8.08. The minimum Gasteiger partial charge on any atom is -0.480 e. The lowest BCUT2D eigenvalue weighted by atomic mass is 9.77. The molecule has 0 radical (unpaired) electrons. The van der Waals surface area contributed by atoms with E-state index in [0.717, 1.165) is 6.42 Å². The fourth-order valence-corrected chi connectivity index (χ4v) is 1.35. The lowest BCUT2D eigenvalue weighted by Gasteiger charge is -2.38. The first-order valence-corrected chi connectivity index (χ1v) is 4.54. The summed E-state index contributed by atoms with van der Waals surface area (Å²) in [4.78, 5) is 32.4. The summed E-state index contributed by atoms with van der Waals surface area (Å²) in [6.07, 6.45) is 1.58. The molecule has 5 N–H and O–H groups in total. The second-order valence-corrected chi connectivity index (χ2v) is 3.51. The van der Waals surface area contributed by atoms with E-state index < -0.39 is 23.4 Å². The molecule has 0 spiro atoms. The van der Waals surface area contributed by atoms with Crippen molar-refractivity contribution in [2.45, 2.75) is 24.8 Å². The first-order valence-electron chi connectivity index (χ1n) is 4.54. The van der Waals surface area contributed by atoms with Crippen molar-refractivity contribution >= 4 is 17.9 Å². The third-order valence-electron chi connectivity index (χ3n) is 2.39. The van der Waals surface area contributed by atoms with Crippen molar-refractivity contribution in [1.29, 1.82) is 0 Å². The monoisotopic (exact) mass is 215 g/mol. The maximum atomic E-state index is 11.2. The molecule has 7 nitrogen and oxygen atoms in total. The van der Waals surface area contributed by atoms with Crippen LogP contribution in [0.5, 0.6) is 0 Å². The number of hydrogen-bond donors (Lipinski definition) is 4. The molecular formula is C8H13N3O4. The highest BCUT2D eigenvalue weighted by Gasteiger charge is 2.45. The molecule has 0 aromatic carbocycles. The molecule has 15 heavy (non-hydrogen) atoms. The van der Waals surface area contributed by atoms with Crippen LogP contribution in [0.25, 0.3) is 0 Å². The van der Waals surface area contributed by atoms with Gasteiger partial charge in [0, 0.05) is 0 Å². The Morgan fingerprint density at radius 2 is 1.93 bits per heavy atom. The van der Waals surface area contributed by atoms with Crippen LogP contribution < -0.4 is 16.4 Å². The van der Waals surface area contributed by atoms with Crippen molar-refractivity contribution in [3.05, 3.63) is 0 Å². The zero-order valence-corrected chi connectivity index (χ0v) is 8.08. The Labute approximate surface area is 86.0 Å². The molecule has 0 atom stereocenters. The van der Waals surface area contributed by atoms with Gasteiger partial charge in [-0.1, -0.05) is 0 Å². The van der Waals surface area contributed by atoms with Crippen LogP contribution in [0.2, 0.25) is 0 Å². The zero-order chi connectivity index (χ0) is 11.5. The van der Waals surface area contributed by atoms with Gasteiger partial charge in [-0.05, 0) is 19.3 Å². The molecule has 0 bridgehead atoms. The molecule has 0 aromatic heterocycles. The highest BCUT2D eigenvalue weighted by molar-refractivity contribution is 5.88. The van der Waals surface area contributed by atoms with Gasteiger partial charge in [0.2, 0.25) is 5.91 Å². The molecule has 1 aliphatic rings. The van der Waals surface area contributed by atoms with Gasteiger partial charge in [0.05, 0.1) is 6.54 Å². The van der Waals surface area contributed by atoms with Crippen LogP contribution in [0.4, 0.5) is 4.79 Å². The van der Waals surface area contributed by atoms with Crippen LogP contribution in [0.3, 0.4) is 0 Å². The largest absolute Gasteiger partial charge is 0.480 e. The first kappa shape index (κ1) is 11.3. The number of carboxylic acids is 1. The van der Waals surface area contributed by atoms with Crippen LogP contribution in [0.15, 0.2) is 0 Å². The Morgan fingerprint density at radius 1 is 1.33 bits per heavy atom. The number of nitrogens with two attached hydrogens (primary N) is 1. The Kier molecular flexibility index (Phi) is 3.13.